The van der Waals surface area contributed by atoms with E-state index in [2.05, 4.69) is 5.14 Å². The van der Waals surface area contributed by atoms with Crippen molar-refractivity contribution in [3.8, 4) is 0 Å². The minimum absolute atomic E-state index is 0. The van der Waals surface area contributed by atoms with Gasteiger partial charge in [-0.3, -0.25) is 4.55 Å². The van der Waals surface area contributed by atoms with E-state index < -0.39 is 10.3 Å². The average Bonchev–Trinajstić information content (AvgIpc) is 0.722. The molecule has 0 aromatic rings. The number of nitrogens with two attached hydrogens (primary N) is 1. The zero-order valence-electron chi connectivity index (χ0n) is 2.66. The molecule has 0 spiro atoms. The van der Waals surface area contributed by atoms with Crippen molar-refractivity contribution < 1.29 is 34.0 Å². The molecule has 0 aromatic heterocycles. The molecule has 0 amide bonds. The molecule has 3 N–H and O–H groups in total. The first-order valence-electron chi connectivity index (χ1n) is 0.752. The van der Waals surface area contributed by atoms with Gasteiger partial charge in [0.15, 0.2) is 0 Å². The Morgan fingerprint density at radius 3 is 1.50 bits per heavy atom. The summed E-state index contributed by atoms with van der Waals surface area (Å²) in [6, 6.07) is 0. The predicted octanol–water partition coefficient (Wildman–Crippen LogP) is -1.25. The van der Waals surface area contributed by atoms with Gasteiger partial charge in [-0.25, -0.2) is 5.14 Å². The molecule has 0 saturated carbocycles. The summed E-state index contributed by atoms with van der Waals surface area (Å²) in [5, 5.41) is 3.88. The van der Waals surface area contributed by atoms with Crippen molar-refractivity contribution in [1.29, 1.82) is 0 Å². The van der Waals surface area contributed by atoms with Crippen LogP contribution < -0.4 is 5.14 Å². The Balaban J connectivity index is 0. The third-order valence-corrected chi connectivity index (χ3v) is 0. The van der Waals surface area contributed by atoms with E-state index in [9.17, 15) is 0 Å². The molecule has 0 aliphatic rings. The summed E-state index contributed by atoms with van der Waals surface area (Å²) in [5.74, 6) is 0. The van der Waals surface area contributed by atoms with E-state index >= 15 is 0 Å². The topological polar surface area (TPSA) is 80.4 Å². The largest absolute Gasteiger partial charge is 0.330 e. The molecule has 0 rings (SSSR count). The van der Waals surface area contributed by atoms with E-state index in [1.54, 1.807) is 0 Å². The Morgan fingerprint density at radius 2 is 1.50 bits per heavy atom. The van der Waals surface area contributed by atoms with Crippen LogP contribution in [0.25, 0.3) is 0 Å². The fourth-order valence-corrected chi connectivity index (χ4v) is 0. The summed E-state index contributed by atoms with van der Waals surface area (Å²) in [6.45, 7) is 0. The maximum atomic E-state index is 8.97. The molecule has 38 valence electrons. The molecule has 0 saturated heterocycles. The SMILES string of the molecule is NS(=O)(=O)O.[Mo]. The molecule has 0 radical (unpaired) electrons. The Kier molecular flexibility index (Phi) is 4.36. The van der Waals surface area contributed by atoms with E-state index in [1.165, 1.54) is 0 Å². The second kappa shape index (κ2) is 2.69. The van der Waals surface area contributed by atoms with Crippen molar-refractivity contribution in [2.45, 2.75) is 0 Å². The molecule has 0 aliphatic heterocycles. The Morgan fingerprint density at radius 1 is 1.50 bits per heavy atom. The van der Waals surface area contributed by atoms with Gasteiger partial charge < -0.3 is 0 Å². The van der Waals surface area contributed by atoms with Gasteiger partial charge in [0, 0.05) is 21.1 Å². The molecule has 0 aliphatic carbocycles. The van der Waals surface area contributed by atoms with Gasteiger partial charge in [-0.1, -0.05) is 0 Å². The van der Waals surface area contributed by atoms with Crippen molar-refractivity contribution in [1.82, 2.24) is 0 Å². The van der Waals surface area contributed by atoms with Crippen LogP contribution in [0.1, 0.15) is 0 Å². The average molecular weight is 193 g/mol. The number of rotatable bonds is 0. The molecular formula is H3MoNO3S. The molecule has 0 fully saturated rings. The molecule has 6 heteroatoms. The van der Waals surface area contributed by atoms with E-state index in [-0.39, 0.29) is 21.1 Å². The first-order chi connectivity index (χ1) is 2.00. The third-order valence-electron chi connectivity index (χ3n) is 0. The standard InChI is InChI=1S/Mo.H3NO3S/c;1-5(2,3)4/h;(H3,1,2,3,4). The van der Waals surface area contributed by atoms with Gasteiger partial charge in [0.05, 0.1) is 0 Å². The Bertz CT molecular complexity index is 94.0. The summed E-state index contributed by atoms with van der Waals surface area (Å²) in [4.78, 5) is 0. The first kappa shape index (κ1) is 9.75. The maximum Gasteiger partial charge on any atom is 0.330 e. The zero-order valence-corrected chi connectivity index (χ0v) is 5.48. The smallest absolute Gasteiger partial charge is 0.274 e. The van der Waals surface area contributed by atoms with Crippen molar-refractivity contribution in [3.63, 3.8) is 0 Å². The van der Waals surface area contributed by atoms with Crippen molar-refractivity contribution >= 4 is 10.3 Å². The minimum atomic E-state index is -4.17. The zero-order chi connectivity index (χ0) is 4.50. The second-order valence-electron chi connectivity index (χ2n) is 0.515. The second-order valence-corrected chi connectivity index (χ2v) is 1.54. The van der Waals surface area contributed by atoms with Crippen LogP contribution in [-0.4, -0.2) is 13.0 Å². The minimum Gasteiger partial charge on any atom is -0.274 e. The molecule has 6 heavy (non-hydrogen) atoms. The summed E-state index contributed by atoms with van der Waals surface area (Å²) in [6.07, 6.45) is 0. The van der Waals surface area contributed by atoms with Crippen LogP contribution in [0.2, 0.25) is 0 Å². The van der Waals surface area contributed by atoms with Gasteiger partial charge in [0.1, 0.15) is 0 Å². The summed E-state index contributed by atoms with van der Waals surface area (Å²) < 4.78 is 25.2. The Labute approximate surface area is 49.9 Å². The molecule has 0 bridgehead atoms. The number of hydrogen-bond donors (Lipinski definition) is 2. The molecule has 0 heterocycles. The van der Waals surface area contributed by atoms with Gasteiger partial charge in [-0.05, 0) is 0 Å². The molecule has 0 aromatic carbocycles. The van der Waals surface area contributed by atoms with E-state index in [0.29, 0.717) is 0 Å². The fraction of sp³-hybridized carbons (Fsp3) is 0. The van der Waals surface area contributed by atoms with Crippen LogP contribution >= 0.6 is 0 Å². The van der Waals surface area contributed by atoms with Crippen molar-refractivity contribution in [2.75, 3.05) is 0 Å². The van der Waals surface area contributed by atoms with Crippen LogP contribution in [0.5, 0.6) is 0 Å². The summed E-state index contributed by atoms with van der Waals surface area (Å²) >= 11 is 0. The molecule has 0 unspecified atom stereocenters. The van der Waals surface area contributed by atoms with Gasteiger partial charge in [0.2, 0.25) is 0 Å². The first-order valence-corrected chi connectivity index (χ1v) is 2.25. The van der Waals surface area contributed by atoms with Crippen LogP contribution in [-0.2, 0) is 31.4 Å². The van der Waals surface area contributed by atoms with Crippen molar-refractivity contribution in [2.24, 2.45) is 5.14 Å². The quantitative estimate of drug-likeness (QED) is 0.372. The molecular weight excluding hydrogens is 190 g/mol. The van der Waals surface area contributed by atoms with Crippen LogP contribution in [0.15, 0.2) is 0 Å². The molecule has 4 nitrogen and oxygen atoms in total. The summed E-state index contributed by atoms with van der Waals surface area (Å²) in [7, 11) is -4.17. The van der Waals surface area contributed by atoms with Gasteiger partial charge in [-0.2, -0.15) is 8.42 Å². The molecule has 0 atom stereocenters. The van der Waals surface area contributed by atoms with Gasteiger partial charge >= 0.3 is 10.3 Å². The van der Waals surface area contributed by atoms with Crippen molar-refractivity contribution in [3.05, 3.63) is 0 Å². The normalized spacial score (nSPS) is 9.67. The summed E-state index contributed by atoms with van der Waals surface area (Å²) in [5.41, 5.74) is 0. The number of hydrogen-bond acceptors (Lipinski definition) is 2. The van der Waals surface area contributed by atoms with Crippen LogP contribution in [0, 0.1) is 0 Å². The van der Waals surface area contributed by atoms with Crippen LogP contribution in [0.4, 0.5) is 0 Å². The fourth-order valence-electron chi connectivity index (χ4n) is 0. The van der Waals surface area contributed by atoms with E-state index in [0.717, 1.165) is 0 Å². The van der Waals surface area contributed by atoms with E-state index in [1.807, 2.05) is 0 Å². The van der Waals surface area contributed by atoms with E-state index in [4.69, 9.17) is 13.0 Å². The Hall–Kier alpha value is 0.558. The van der Waals surface area contributed by atoms with Gasteiger partial charge in [0.25, 0.3) is 0 Å². The third kappa shape index (κ3) is 185. The maximum absolute atomic E-state index is 8.97. The predicted molar refractivity (Wildman–Crippen MR) is 15.7 cm³/mol. The monoisotopic (exact) mass is 195 g/mol. The van der Waals surface area contributed by atoms with Gasteiger partial charge in [-0.15, -0.1) is 0 Å². The van der Waals surface area contributed by atoms with Crippen LogP contribution in [0.3, 0.4) is 0 Å².